The molecule has 0 atom stereocenters. The second-order valence-corrected chi connectivity index (χ2v) is 9.80. The molecule has 0 unspecified atom stereocenters. The summed E-state index contributed by atoms with van der Waals surface area (Å²) >= 11 is 0. The summed E-state index contributed by atoms with van der Waals surface area (Å²) < 4.78 is 11.1. The Labute approximate surface area is 206 Å². The van der Waals surface area contributed by atoms with Crippen LogP contribution in [-0.4, -0.2) is 48.0 Å². The molecule has 1 aromatic carbocycles. The first kappa shape index (κ1) is 24.6. The quantitative estimate of drug-likeness (QED) is 0.514. The fraction of sp³-hybridized carbons (Fsp3) is 0.444. The number of amides is 2. The van der Waals surface area contributed by atoms with Crippen molar-refractivity contribution < 1.29 is 19.1 Å². The molecule has 3 heterocycles. The largest absolute Gasteiger partial charge is 0.494 e. The van der Waals surface area contributed by atoms with Crippen molar-refractivity contribution in [3.8, 4) is 5.75 Å². The van der Waals surface area contributed by atoms with E-state index in [-0.39, 0.29) is 12.0 Å². The number of hydrogen-bond donors (Lipinski definition) is 2. The average Bonchev–Trinajstić information content (AvgIpc) is 3.14. The van der Waals surface area contributed by atoms with Crippen molar-refractivity contribution in [2.45, 2.75) is 58.5 Å². The number of carbonyl (C=O) groups is 2. The minimum absolute atomic E-state index is 0.0924. The van der Waals surface area contributed by atoms with Crippen molar-refractivity contribution in [3.63, 3.8) is 0 Å². The van der Waals surface area contributed by atoms with Gasteiger partial charge in [-0.1, -0.05) is 12.8 Å². The highest BCUT2D eigenvalue weighted by molar-refractivity contribution is 6.03. The van der Waals surface area contributed by atoms with Crippen molar-refractivity contribution in [3.05, 3.63) is 65.1 Å². The van der Waals surface area contributed by atoms with Crippen LogP contribution in [0.3, 0.4) is 0 Å². The summed E-state index contributed by atoms with van der Waals surface area (Å²) in [5.74, 6) is 1.62. The molecule has 0 spiro atoms. The number of amidine groups is 1. The third-order valence-electron chi connectivity index (χ3n) is 5.81. The average molecular weight is 479 g/mol. The first-order chi connectivity index (χ1) is 16.8. The van der Waals surface area contributed by atoms with Gasteiger partial charge in [0.25, 0.3) is 0 Å². The maximum atomic E-state index is 11.9. The van der Waals surface area contributed by atoms with Gasteiger partial charge in [-0.15, -0.1) is 0 Å². The summed E-state index contributed by atoms with van der Waals surface area (Å²) in [5, 5.41) is 5.77. The first-order valence-corrected chi connectivity index (χ1v) is 12.3. The van der Waals surface area contributed by atoms with Crippen molar-refractivity contribution in [1.82, 2.24) is 15.5 Å². The van der Waals surface area contributed by atoms with E-state index in [1.807, 2.05) is 57.3 Å². The molecule has 8 heteroatoms. The molecule has 8 nitrogen and oxygen atoms in total. The fourth-order valence-corrected chi connectivity index (χ4v) is 4.23. The molecule has 0 radical (unpaired) electrons. The van der Waals surface area contributed by atoms with Crippen molar-refractivity contribution >= 4 is 17.8 Å². The van der Waals surface area contributed by atoms with E-state index in [1.165, 1.54) is 0 Å². The van der Waals surface area contributed by atoms with E-state index >= 15 is 0 Å². The summed E-state index contributed by atoms with van der Waals surface area (Å²) in [4.78, 5) is 30.4. The van der Waals surface area contributed by atoms with Crippen LogP contribution < -0.4 is 15.4 Å². The SMILES string of the molecule is CC(C)(C)OC(=O)NCCCCCCOc1ccc(C2=NC=C3C=CC(=O)NC4=C3N2CC4)cc1. The maximum Gasteiger partial charge on any atom is 0.407 e. The number of benzene rings is 1. The van der Waals surface area contributed by atoms with Crippen LogP contribution in [-0.2, 0) is 9.53 Å². The van der Waals surface area contributed by atoms with E-state index in [2.05, 4.69) is 20.5 Å². The standard InChI is InChI=1S/C27H34N4O4/c1-27(2,3)35-26(33)28-15-6-4-5-7-17-34-21-11-8-19(9-12-21)25-29-18-20-10-13-23(32)30-22-14-16-31(25)24(20)22/h8-13,18H,4-7,14-17H2,1-3H3,(H,28,33)(H,30,32). The van der Waals surface area contributed by atoms with Crippen molar-refractivity contribution in [2.24, 2.45) is 4.99 Å². The van der Waals surface area contributed by atoms with Crippen LogP contribution in [0, 0.1) is 0 Å². The predicted molar refractivity (Wildman–Crippen MR) is 135 cm³/mol. The highest BCUT2D eigenvalue weighted by Gasteiger charge is 2.32. The number of allylic oxidation sites excluding steroid dienone is 1. The van der Waals surface area contributed by atoms with E-state index < -0.39 is 5.60 Å². The summed E-state index contributed by atoms with van der Waals surface area (Å²) in [5.41, 5.74) is 3.50. The second kappa shape index (κ2) is 10.8. The van der Waals surface area contributed by atoms with Gasteiger partial charge in [0, 0.05) is 48.6 Å². The van der Waals surface area contributed by atoms with Gasteiger partial charge in [0.1, 0.15) is 17.2 Å². The normalized spacial score (nSPS) is 16.8. The Balaban J connectivity index is 1.19. The minimum atomic E-state index is -0.467. The number of ether oxygens (including phenoxy) is 2. The molecule has 3 aliphatic rings. The number of rotatable bonds is 9. The Hall–Kier alpha value is -3.55. The van der Waals surface area contributed by atoms with Crippen LogP contribution in [0.1, 0.15) is 58.4 Å². The molecular weight excluding hydrogens is 444 g/mol. The third-order valence-corrected chi connectivity index (χ3v) is 5.81. The Bertz CT molecular complexity index is 1080. The summed E-state index contributed by atoms with van der Waals surface area (Å²) in [6.07, 6.45) is 9.57. The van der Waals surface area contributed by atoms with Crippen LogP contribution in [0.5, 0.6) is 5.75 Å². The van der Waals surface area contributed by atoms with Gasteiger partial charge >= 0.3 is 6.09 Å². The molecule has 0 aromatic heterocycles. The van der Waals surface area contributed by atoms with Gasteiger partial charge in [-0.2, -0.15) is 0 Å². The molecule has 4 rings (SSSR count). The second-order valence-electron chi connectivity index (χ2n) is 9.80. The van der Waals surface area contributed by atoms with Gasteiger partial charge in [-0.05, 0) is 64.0 Å². The number of nitrogens with one attached hydrogen (secondary N) is 2. The molecule has 2 amide bonds. The summed E-state index contributed by atoms with van der Waals surface area (Å²) in [7, 11) is 0. The van der Waals surface area contributed by atoms with Crippen LogP contribution in [0.4, 0.5) is 4.79 Å². The molecular formula is C27H34N4O4. The molecule has 0 saturated heterocycles. The molecule has 0 fully saturated rings. The van der Waals surface area contributed by atoms with Gasteiger partial charge in [0.05, 0.1) is 12.3 Å². The smallest absolute Gasteiger partial charge is 0.407 e. The van der Waals surface area contributed by atoms with Gasteiger partial charge in [-0.25, -0.2) is 9.79 Å². The van der Waals surface area contributed by atoms with E-state index in [4.69, 9.17) is 9.47 Å². The fourth-order valence-electron chi connectivity index (χ4n) is 4.23. The first-order valence-electron chi connectivity index (χ1n) is 12.3. The Morgan fingerprint density at radius 1 is 1.11 bits per heavy atom. The van der Waals surface area contributed by atoms with Crippen LogP contribution in [0.25, 0.3) is 0 Å². The predicted octanol–water partition coefficient (Wildman–Crippen LogP) is 4.40. The van der Waals surface area contributed by atoms with E-state index in [0.717, 1.165) is 72.8 Å². The lowest BCUT2D eigenvalue weighted by Crippen LogP contribution is -2.32. The number of hydrogen-bond acceptors (Lipinski definition) is 6. The van der Waals surface area contributed by atoms with Crippen molar-refractivity contribution in [2.75, 3.05) is 19.7 Å². The number of alkyl carbamates (subject to hydrolysis) is 1. The van der Waals surface area contributed by atoms with Gasteiger partial charge in [-0.3, -0.25) is 4.79 Å². The summed E-state index contributed by atoms with van der Waals surface area (Å²) in [6, 6.07) is 8.00. The highest BCUT2D eigenvalue weighted by Crippen LogP contribution is 2.34. The lowest BCUT2D eigenvalue weighted by atomic mass is 10.1. The van der Waals surface area contributed by atoms with Crippen molar-refractivity contribution in [1.29, 1.82) is 0 Å². The summed E-state index contributed by atoms with van der Waals surface area (Å²) in [6.45, 7) is 7.63. The Morgan fingerprint density at radius 2 is 1.89 bits per heavy atom. The topological polar surface area (TPSA) is 92.3 Å². The van der Waals surface area contributed by atoms with E-state index in [1.54, 1.807) is 6.08 Å². The highest BCUT2D eigenvalue weighted by atomic mass is 16.6. The lowest BCUT2D eigenvalue weighted by molar-refractivity contribution is -0.115. The number of carbonyl (C=O) groups excluding carboxylic acids is 2. The monoisotopic (exact) mass is 478 g/mol. The Kier molecular flexibility index (Phi) is 7.58. The molecule has 0 aliphatic carbocycles. The zero-order valence-electron chi connectivity index (χ0n) is 20.7. The Morgan fingerprint density at radius 3 is 2.66 bits per heavy atom. The van der Waals surface area contributed by atoms with Gasteiger partial charge in [0.2, 0.25) is 5.91 Å². The van der Waals surface area contributed by atoms with E-state index in [0.29, 0.717) is 13.2 Å². The zero-order valence-corrected chi connectivity index (χ0v) is 20.7. The van der Waals surface area contributed by atoms with Crippen LogP contribution in [0.15, 0.2) is 64.6 Å². The molecule has 35 heavy (non-hydrogen) atoms. The maximum absolute atomic E-state index is 11.9. The molecule has 3 aliphatic heterocycles. The van der Waals surface area contributed by atoms with Crippen LogP contribution >= 0.6 is 0 Å². The number of aliphatic imine (C=N–C) groups is 1. The third kappa shape index (κ3) is 6.53. The molecule has 0 bridgehead atoms. The van der Waals surface area contributed by atoms with E-state index in [9.17, 15) is 9.59 Å². The van der Waals surface area contributed by atoms with Crippen LogP contribution in [0.2, 0.25) is 0 Å². The number of nitrogens with zero attached hydrogens (tertiary/aromatic N) is 2. The molecule has 186 valence electrons. The zero-order chi connectivity index (χ0) is 24.8. The molecule has 1 aromatic rings. The van der Waals surface area contributed by atoms with Gasteiger partial charge < -0.3 is 25.0 Å². The minimum Gasteiger partial charge on any atom is -0.494 e. The lowest BCUT2D eigenvalue weighted by Gasteiger charge is -2.27. The molecule has 0 saturated carbocycles. The number of unbranched alkanes of at least 4 members (excludes halogenated alkanes) is 3. The molecule has 2 N–H and O–H groups in total. The van der Waals surface area contributed by atoms with Gasteiger partial charge in [0.15, 0.2) is 0 Å².